The number of hydrogen-bond donors (Lipinski definition) is 2. The molecule has 2 aromatic heterocycles. The number of rotatable bonds is 4. The number of likely N-dealkylation sites (tertiary alicyclic amines) is 1. The highest BCUT2D eigenvalue weighted by atomic mass is 19.3. The van der Waals surface area contributed by atoms with Gasteiger partial charge < -0.3 is 15.2 Å². The van der Waals surface area contributed by atoms with Crippen LogP contribution in [0.4, 0.5) is 20.3 Å². The summed E-state index contributed by atoms with van der Waals surface area (Å²) in [6.45, 7) is 3.36. The molecule has 1 unspecified atom stereocenters. The summed E-state index contributed by atoms with van der Waals surface area (Å²) in [6, 6.07) is 8.00. The zero-order chi connectivity index (χ0) is 24.0. The summed E-state index contributed by atoms with van der Waals surface area (Å²) in [4.78, 5) is 29.9. The summed E-state index contributed by atoms with van der Waals surface area (Å²) in [5, 5.41) is 17.2. The summed E-state index contributed by atoms with van der Waals surface area (Å²) >= 11 is 0. The second-order valence-corrected chi connectivity index (χ2v) is 9.08. The van der Waals surface area contributed by atoms with Crippen molar-refractivity contribution in [1.29, 1.82) is 5.26 Å². The van der Waals surface area contributed by atoms with Crippen molar-refractivity contribution >= 4 is 28.3 Å². The summed E-state index contributed by atoms with van der Waals surface area (Å²) in [5.74, 6) is -3.67. The number of carbonyl (C=O) groups excluding carboxylic acids is 1. The standard InChI is InChI=1S/C24H24F2N6O2/c1-14-10-16(4-5-17(14)23(34)31-8-2-3-9-31)29-21-20-18(6-7-28-22(20)33)32(30-21)19-12-24(25,26)11-15(19)13-27/h4-7,10,15,19H,2-3,8-9,11-12H2,1H3,(H,28,33)(H,29,30)/t15?,19-/m1/s1. The first-order valence-electron chi connectivity index (χ1n) is 11.3. The number of halogens is 2. The SMILES string of the molecule is Cc1cc(Nc2nn([C@@H]3CC(F)(F)CC3C#N)c3cc[nH]c(=O)c23)ccc1C(=O)N1CCCC1. The molecule has 0 radical (unpaired) electrons. The number of hydrogen-bond acceptors (Lipinski definition) is 5. The van der Waals surface area contributed by atoms with E-state index in [9.17, 15) is 23.6 Å². The maximum atomic E-state index is 14.1. The molecule has 1 aromatic carbocycles. The highest BCUT2D eigenvalue weighted by Crippen LogP contribution is 2.46. The Labute approximate surface area is 194 Å². The number of nitrogens with one attached hydrogen (secondary N) is 2. The molecule has 2 fully saturated rings. The first kappa shape index (κ1) is 22.1. The molecular formula is C24H24F2N6O2. The van der Waals surface area contributed by atoms with E-state index < -0.39 is 36.3 Å². The summed E-state index contributed by atoms with van der Waals surface area (Å²) < 4.78 is 29.6. The minimum Gasteiger partial charge on any atom is -0.339 e. The van der Waals surface area contributed by atoms with Gasteiger partial charge in [-0.1, -0.05) is 0 Å². The number of benzene rings is 1. The van der Waals surface area contributed by atoms with Gasteiger partial charge in [0.15, 0.2) is 5.82 Å². The van der Waals surface area contributed by atoms with Gasteiger partial charge in [-0.3, -0.25) is 14.3 Å². The maximum absolute atomic E-state index is 14.1. The lowest BCUT2D eigenvalue weighted by molar-refractivity contribution is 0.00391. The molecule has 2 aliphatic rings. The van der Waals surface area contributed by atoms with E-state index in [1.165, 1.54) is 10.9 Å². The molecule has 2 N–H and O–H groups in total. The lowest BCUT2D eigenvalue weighted by atomic mass is 10.1. The predicted octanol–water partition coefficient (Wildman–Crippen LogP) is 4.12. The normalized spacial score (nSPS) is 21.6. The number of alkyl halides is 2. The van der Waals surface area contributed by atoms with Gasteiger partial charge in [0.2, 0.25) is 0 Å². The molecule has 2 atom stereocenters. The van der Waals surface area contributed by atoms with Crippen LogP contribution in [0.25, 0.3) is 10.9 Å². The Bertz CT molecular complexity index is 1370. The van der Waals surface area contributed by atoms with Crippen LogP contribution in [0.15, 0.2) is 35.3 Å². The third-order valence-electron chi connectivity index (χ3n) is 6.71. The summed E-state index contributed by atoms with van der Waals surface area (Å²) in [7, 11) is 0. The van der Waals surface area contributed by atoms with Crippen LogP contribution in [-0.4, -0.2) is 44.6 Å². The van der Waals surface area contributed by atoms with Crippen molar-refractivity contribution in [2.45, 2.75) is 44.6 Å². The van der Waals surface area contributed by atoms with Gasteiger partial charge in [-0.2, -0.15) is 10.4 Å². The van der Waals surface area contributed by atoms with Crippen molar-refractivity contribution in [2.75, 3.05) is 18.4 Å². The van der Waals surface area contributed by atoms with Gasteiger partial charge >= 0.3 is 0 Å². The number of anilines is 2. The summed E-state index contributed by atoms with van der Waals surface area (Å²) in [5.41, 5.74) is 1.97. The van der Waals surface area contributed by atoms with Gasteiger partial charge in [0, 0.05) is 43.4 Å². The van der Waals surface area contributed by atoms with E-state index >= 15 is 0 Å². The number of pyridine rings is 1. The topological polar surface area (TPSA) is 107 Å². The fraction of sp³-hybridized carbons (Fsp3) is 0.417. The number of nitrogens with zero attached hydrogens (tertiary/aromatic N) is 4. The average Bonchev–Trinajstić information content (AvgIpc) is 3.51. The molecule has 10 heteroatoms. The second-order valence-electron chi connectivity index (χ2n) is 9.08. The van der Waals surface area contributed by atoms with Crippen LogP contribution in [0.2, 0.25) is 0 Å². The minimum absolute atomic E-state index is 0.00238. The number of aromatic nitrogens is 3. The third kappa shape index (κ3) is 3.81. The Balaban J connectivity index is 1.50. The van der Waals surface area contributed by atoms with Gasteiger partial charge in [0.05, 0.1) is 23.5 Å². The molecule has 0 bridgehead atoms. The average molecular weight is 466 g/mol. The smallest absolute Gasteiger partial charge is 0.261 e. The van der Waals surface area contributed by atoms with Crippen LogP contribution >= 0.6 is 0 Å². The van der Waals surface area contributed by atoms with Crippen LogP contribution in [0.3, 0.4) is 0 Å². The highest BCUT2D eigenvalue weighted by Gasteiger charge is 2.48. The van der Waals surface area contributed by atoms with Crippen molar-refractivity contribution in [1.82, 2.24) is 19.7 Å². The minimum atomic E-state index is -2.97. The zero-order valence-corrected chi connectivity index (χ0v) is 18.6. The Kier molecular flexibility index (Phi) is 5.35. The molecule has 3 aromatic rings. The van der Waals surface area contributed by atoms with Gasteiger partial charge in [-0.05, 0) is 49.6 Å². The van der Waals surface area contributed by atoms with E-state index in [2.05, 4.69) is 15.4 Å². The number of H-pyrrole nitrogens is 1. The van der Waals surface area contributed by atoms with Gasteiger partial charge in [0.1, 0.15) is 5.39 Å². The van der Waals surface area contributed by atoms with Crippen LogP contribution in [0.1, 0.15) is 47.6 Å². The van der Waals surface area contributed by atoms with Gasteiger partial charge in [-0.15, -0.1) is 0 Å². The number of aryl methyl sites for hydroxylation is 1. The maximum Gasteiger partial charge on any atom is 0.261 e. The molecule has 0 spiro atoms. The molecule has 1 saturated heterocycles. The molecule has 1 saturated carbocycles. The summed E-state index contributed by atoms with van der Waals surface area (Å²) in [6.07, 6.45) is 2.40. The molecule has 1 amide bonds. The second kappa shape index (κ2) is 8.24. The molecule has 34 heavy (non-hydrogen) atoms. The Morgan fingerprint density at radius 1 is 1.26 bits per heavy atom. The van der Waals surface area contributed by atoms with E-state index in [0.29, 0.717) is 16.8 Å². The van der Waals surface area contributed by atoms with Crippen molar-refractivity contribution in [3.05, 3.63) is 51.9 Å². The first-order chi connectivity index (χ1) is 16.3. The van der Waals surface area contributed by atoms with Crippen LogP contribution in [0, 0.1) is 24.2 Å². The van der Waals surface area contributed by atoms with E-state index in [1.807, 2.05) is 17.9 Å². The molecule has 176 valence electrons. The molecule has 3 heterocycles. The van der Waals surface area contributed by atoms with Gasteiger partial charge in [-0.25, -0.2) is 8.78 Å². The number of carbonyl (C=O) groups is 1. The lowest BCUT2D eigenvalue weighted by Gasteiger charge is -2.17. The number of nitriles is 1. The van der Waals surface area contributed by atoms with Gasteiger partial charge in [0.25, 0.3) is 17.4 Å². The quantitative estimate of drug-likeness (QED) is 0.602. The third-order valence-corrected chi connectivity index (χ3v) is 6.71. The fourth-order valence-electron chi connectivity index (χ4n) is 5.03. The van der Waals surface area contributed by atoms with E-state index in [1.54, 1.807) is 24.3 Å². The molecular weight excluding hydrogens is 442 g/mol. The fourth-order valence-corrected chi connectivity index (χ4v) is 5.03. The van der Waals surface area contributed by atoms with Crippen LogP contribution < -0.4 is 10.9 Å². The molecule has 1 aliphatic heterocycles. The molecule has 5 rings (SSSR count). The lowest BCUT2D eigenvalue weighted by Crippen LogP contribution is -2.28. The van der Waals surface area contributed by atoms with Crippen molar-refractivity contribution in [3.63, 3.8) is 0 Å². The van der Waals surface area contributed by atoms with E-state index in [0.717, 1.165) is 31.5 Å². The Hall–Kier alpha value is -3.74. The highest BCUT2D eigenvalue weighted by molar-refractivity contribution is 5.97. The van der Waals surface area contributed by atoms with E-state index in [-0.39, 0.29) is 17.1 Å². The Morgan fingerprint density at radius 2 is 2.03 bits per heavy atom. The number of aromatic amines is 1. The largest absolute Gasteiger partial charge is 0.339 e. The van der Waals surface area contributed by atoms with Crippen molar-refractivity contribution < 1.29 is 13.6 Å². The number of amides is 1. The molecule has 1 aliphatic carbocycles. The van der Waals surface area contributed by atoms with Crippen molar-refractivity contribution in [2.24, 2.45) is 5.92 Å². The Morgan fingerprint density at radius 3 is 2.74 bits per heavy atom. The van der Waals surface area contributed by atoms with Crippen LogP contribution in [-0.2, 0) is 0 Å². The monoisotopic (exact) mass is 466 g/mol. The van der Waals surface area contributed by atoms with Crippen LogP contribution in [0.5, 0.6) is 0 Å². The van der Waals surface area contributed by atoms with E-state index in [4.69, 9.17) is 0 Å². The number of fused-ring (bicyclic) bond motifs is 1. The first-order valence-corrected chi connectivity index (χ1v) is 11.3. The predicted molar refractivity (Wildman–Crippen MR) is 122 cm³/mol. The molecule has 8 nitrogen and oxygen atoms in total. The van der Waals surface area contributed by atoms with Crippen molar-refractivity contribution in [3.8, 4) is 6.07 Å². The zero-order valence-electron chi connectivity index (χ0n) is 18.6.